The van der Waals surface area contributed by atoms with Gasteiger partial charge in [0, 0.05) is 0 Å². The van der Waals surface area contributed by atoms with Gasteiger partial charge in [0.05, 0.1) is 5.66 Å². The fourth-order valence-corrected chi connectivity index (χ4v) is 5.48. The summed E-state index contributed by atoms with van der Waals surface area (Å²) in [6.07, 6.45) is 8.93. The molecule has 0 atom stereocenters. The highest BCUT2D eigenvalue weighted by Crippen LogP contribution is 2.38. The van der Waals surface area contributed by atoms with Crippen molar-refractivity contribution >= 4 is 16.5 Å². The topological polar surface area (TPSA) is 24.1 Å². The maximum atomic E-state index is 4.03. The molecule has 0 saturated carbocycles. The molecule has 0 fully saturated rings. The Morgan fingerprint density at radius 2 is 0.952 bits per heavy atom. The van der Waals surface area contributed by atoms with Crippen LogP contribution in [0.4, 0.5) is 0 Å². The van der Waals surface area contributed by atoms with E-state index in [1.165, 1.54) is 0 Å². The van der Waals surface area contributed by atoms with E-state index in [9.17, 15) is 0 Å². The molecular formula is C17H36N2Si2. The first-order chi connectivity index (χ1) is 9.12. The monoisotopic (exact) mass is 324 g/mol. The summed E-state index contributed by atoms with van der Waals surface area (Å²) >= 11 is 0. The second-order valence-electron chi connectivity index (χ2n) is 9.59. The Morgan fingerprint density at radius 3 is 1.19 bits per heavy atom. The fraction of sp³-hybridized carbons (Fsp3) is 0.765. The maximum Gasteiger partial charge on any atom is 0.127 e. The lowest BCUT2D eigenvalue weighted by Crippen LogP contribution is -2.72. The summed E-state index contributed by atoms with van der Waals surface area (Å²) < 4.78 is 0. The van der Waals surface area contributed by atoms with E-state index >= 15 is 0 Å². The van der Waals surface area contributed by atoms with Gasteiger partial charge in [0.2, 0.25) is 0 Å². The van der Waals surface area contributed by atoms with Crippen molar-refractivity contribution in [3.63, 3.8) is 0 Å². The van der Waals surface area contributed by atoms with E-state index in [2.05, 4.69) is 102 Å². The Labute approximate surface area is 134 Å². The zero-order valence-corrected chi connectivity index (χ0v) is 17.8. The molecule has 2 N–H and O–H groups in total. The third kappa shape index (κ3) is 4.18. The summed E-state index contributed by atoms with van der Waals surface area (Å²) in [4.78, 5) is 8.05. The van der Waals surface area contributed by atoms with Gasteiger partial charge in [0.15, 0.2) is 0 Å². The van der Waals surface area contributed by atoms with Crippen molar-refractivity contribution in [3.8, 4) is 0 Å². The minimum Gasteiger partial charge on any atom is -0.314 e. The van der Waals surface area contributed by atoms with Crippen LogP contribution in [0.15, 0.2) is 24.3 Å². The minimum absolute atomic E-state index is 0.161. The molecule has 1 aliphatic rings. The van der Waals surface area contributed by atoms with Gasteiger partial charge in [-0.2, -0.15) is 0 Å². The lowest BCUT2D eigenvalue weighted by atomic mass is 10.2. The van der Waals surface area contributed by atoms with Gasteiger partial charge in [-0.25, -0.2) is 0 Å². The van der Waals surface area contributed by atoms with Gasteiger partial charge < -0.3 is 9.96 Å². The van der Waals surface area contributed by atoms with Crippen molar-refractivity contribution in [2.75, 3.05) is 0 Å². The maximum absolute atomic E-state index is 4.03. The lowest BCUT2D eigenvalue weighted by Gasteiger charge is -2.49. The van der Waals surface area contributed by atoms with E-state index in [0.717, 1.165) is 0 Å². The first-order valence-corrected chi connectivity index (χ1v) is 14.1. The van der Waals surface area contributed by atoms with Crippen molar-refractivity contribution in [3.05, 3.63) is 24.3 Å². The molecule has 1 rings (SSSR count). The van der Waals surface area contributed by atoms with Crippen molar-refractivity contribution in [2.24, 2.45) is 0 Å². The molecule has 21 heavy (non-hydrogen) atoms. The third-order valence-corrected chi connectivity index (χ3v) is 15.2. The van der Waals surface area contributed by atoms with Crippen LogP contribution in [0, 0.1) is 0 Å². The Kier molecular flexibility index (Phi) is 4.93. The Bertz CT molecular complexity index is 393. The summed E-state index contributed by atoms with van der Waals surface area (Å²) in [6, 6.07) is 0. The van der Waals surface area contributed by atoms with Gasteiger partial charge in [0.25, 0.3) is 0 Å². The average Bonchev–Trinajstić information content (AvgIpc) is 2.60. The van der Waals surface area contributed by atoms with Crippen LogP contribution in [0.5, 0.6) is 0 Å². The predicted molar refractivity (Wildman–Crippen MR) is 102 cm³/mol. The van der Waals surface area contributed by atoms with E-state index in [1.807, 2.05) is 0 Å². The van der Waals surface area contributed by atoms with Crippen LogP contribution in [0.1, 0.15) is 41.5 Å². The van der Waals surface area contributed by atoms with E-state index < -0.39 is 16.5 Å². The highest BCUT2D eigenvalue weighted by atomic mass is 28.3. The van der Waals surface area contributed by atoms with Gasteiger partial charge >= 0.3 is 0 Å². The van der Waals surface area contributed by atoms with Crippen LogP contribution in [0.25, 0.3) is 0 Å². The van der Waals surface area contributed by atoms with Crippen molar-refractivity contribution in [1.29, 1.82) is 0 Å². The van der Waals surface area contributed by atoms with Gasteiger partial charge in [-0.15, -0.1) is 0 Å². The van der Waals surface area contributed by atoms with Gasteiger partial charge in [-0.1, -0.05) is 79.9 Å². The van der Waals surface area contributed by atoms with Crippen molar-refractivity contribution in [1.82, 2.24) is 9.96 Å². The molecule has 0 saturated heterocycles. The molecule has 1 aliphatic carbocycles. The molecule has 0 aromatic rings. The minimum atomic E-state index is -1.59. The SMILES string of the molecule is CC(C)(C)[Si](C)(C)NC1(N[Si](C)(C)C(C)(C)C)C=CC=C1. The van der Waals surface area contributed by atoms with E-state index in [-0.39, 0.29) is 5.66 Å². The normalized spacial score (nSPS) is 19.3. The molecule has 0 unspecified atom stereocenters. The highest BCUT2D eigenvalue weighted by molar-refractivity contribution is 6.79. The summed E-state index contributed by atoms with van der Waals surface area (Å²) in [5, 5.41) is 0.638. The Balaban J connectivity index is 3.08. The zero-order valence-electron chi connectivity index (χ0n) is 15.8. The van der Waals surface area contributed by atoms with E-state index in [4.69, 9.17) is 0 Å². The fourth-order valence-electron chi connectivity index (χ4n) is 2.08. The number of rotatable bonds is 4. The third-order valence-electron chi connectivity index (χ3n) is 5.62. The molecule has 0 bridgehead atoms. The van der Waals surface area contributed by atoms with Crippen LogP contribution in [0.2, 0.25) is 36.3 Å². The summed E-state index contributed by atoms with van der Waals surface area (Å²) in [5.41, 5.74) is -0.161. The van der Waals surface area contributed by atoms with Crippen LogP contribution in [-0.4, -0.2) is 22.1 Å². The lowest BCUT2D eigenvalue weighted by molar-refractivity contribution is 0.512. The summed E-state index contributed by atoms with van der Waals surface area (Å²) in [5.74, 6) is 0. The van der Waals surface area contributed by atoms with Crippen LogP contribution in [-0.2, 0) is 0 Å². The van der Waals surface area contributed by atoms with Crippen molar-refractivity contribution in [2.45, 2.75) is 83.5 Å². The standard InChI is InChI=1S/C17H36N2Si2/c1-15(2,3)20(7,8)18-17(13-11-12-14-17)19-21(9,10)16(4,5)6/h11-14,18-19H,1-10H3. The van der Waals surface area contributed by atoms with Crippen LogP contribution >= 0.6 is 0 Å². The molecule has 122 valence electrons. The van der Waals surface area contributed by atoms with Crippen LogP contribution in [0.3, 0.4) is 0 Å². The highest BCUT2D eigenvalue weighted by Gasteiger charge is 2.46. The average molecular weight is 325 g/mol. The number of allylic oxidation sites excluding steroid dienone is 2. The number of hydrogen-bond donors (Lipinski definition) is 2. The molecule has 2 nitrogen and oxygen atoms in total. The summed E-state index contributed by atoms with van der Waals surface area (Å²) in [6.45, 7) is 23.9. The molecule has 0 spiro atoms. The van der Waals surface area contributed by atoms with Gasteiger partial charge in [0.1, 0.15) is 16.5 Å². The molecule has 0 radical (unpaired) electrons. The Morgan fingerprint density at radius 1 is 0.667 bits per heavy atom. The van der Waals surface area contributed by atoms with Crippen LogP contribution < -0.4 is 9.96 Å². The second kappa shape index (κ2) is 5.48. The van der Waals surface area contributed by atoms with Gasteiger partial charge in [-0.3, -0.25) is 0 Å². The van der Waals surface area contributed by atoms with E-state index in [0.29, 0.717) is 10.1 Å². The zero-order chi connectivity index (χ0) is 16.7. The predicted octanol–water partition coefficient (Wildman–Crippen LogP) is 5.00. The second-order valence-corrected chi connectivity index (χ2v) is 19.6. The largest absolute Gasteiger partial charge is 0.314 e. The molecular weight excluding hydrogens is 288 g/mol. The Hall–Kier alpha value is -0.166. The van der Waals surface area contributed by atoms with E-state index in [1.54, 1.807) is 0 Å². The molecule has 0 aliphatic heterocycles. The first-order valence-electron chi connectivity index (χ1n) is 8.08. The molecule has 0 heterocycles. The molecule has 4 heteroatoms. The molecule has 0 aromatic heterocycles. The first kappa shape index (κ1) is 18.9. The summed E-state index contributed by atoms with van der Waals surface area (Å²) in [7, 11) is -3.19. The smallest absolute Gasteiger partial charge is 0.127 e. The number of nitrogens with one attached hydrogen (secondary N) is 2. The quantitative estimate of drug-likeness (QED) is 0.562. The molecule has 0 aromatic carbocycles. The molecule has 0 amide bonds. The van der Waals surface area contributed by atoms with Gasteiger partial charge in [-0.05, 0) is 22.2 Å². The number of hydrogen-bond acceptors (Lipinski definition) is 2. The van der Waals surface area contributed by atoms with Crippen molar-refractivity contribution < 1.29 is 0 Å².